The first kappa shape index (κ1) is 7.94. The van der Waals surface area contributed by atoms with Crippen LogP contribution in [0, 0.1) is 6.92 Å². The number of furan rings is 1. The maximum atomic E-state index is 5.60. The molecule has 1 aromatic heterocycles. The van der Waals surface area contributed by atoms with Crippen LogP contribution >= 0.6 is 0 Å². The number of hydrogen-bond acceptors (Lipinski definition) is 1. The highest BCUT2D eigenvalue weighted by Gasteiger charge is 2.03. The van der Waals surface area contributed by atoms with Crippen LogP contribution in [0.25, 0.3) is 17.9 Å². The lowest BCUT2D eigenvalue weighted by Crippen LogP contribution is -2.20. The zero-order chi connectivity index (χ0) is 9.26. The van der Waals surface area contributed by atoms with Crippen molar-refractivity contribution in [2.75, 3.05) is 0 Å². The summed E-state index contributed by atoms with van der Waals surface area (Å²) in [7, 11) is 0. The van der Waals surface area contributed by atoms with E-state index in [9.17, 15) is 0 Å². The largest absolute Gasteiger partial charge is 0.456 e. The van der Waals surface area contributed by atoms with Gasteiger partial charge in [-0.15, -0.1) is 0 Å². The highest BCUT2D eigenvalue weighted by atomic mass is 16.3. The van der Waals surface area contributed by atoms with Gasteiger partial charge < -0.3 is 4.42 Å². The molecule has 0 unspecified atom stereocenters. The van der Waals surface area contributed by atoms with Crippen molar-refractivity contribution in [3.8, 4) is 0 Å². The molecule has 2 rings (SSSR count). The predicted molar refractivity (Wildman–Crippen MR) is 53.4 cm³/mol. The van der Waals surface area contributed by atoms with E-state index in [0.717, 1.165) is 22.0 Å². The van der Waals surface area contributed by atoms with Crippen LogP contribution in [-0.4, -0.2) is 0 Å². The third kappa shape index (κ3) is 1.21. The van der Waals surface area contributed by atoms with Gasteiger partial charge >= 0.3 is 0 Å². The zero-order valence-corrected chi connectivity index (χ0v) is 7.72. The van der Waals surface area contributed by atoms with E-state index in [1.807, 2.05) is 38.2 Å². The van der Waals surface area contributed by atoms with E-state index in [2.05, 4.69) is 11.5 Å². The summed E-state index contributed by atoms with van der Waals surface area (Å²) < 4.78 is 5.60. The first-order chi connectivity index (χ1) is 6.33. The van der Waals surface area contributed by atoms with Gasteiger partial charge in [-0.3, -0.25) is 0 Å². The van der Waals surface area contributed by atoms with Gasteiger partial charge in [-0.2, -0.15) is 0 Å². The first-order valence-corrected chi connectivity index (χ1v) is 4.27. The van der Waals surface area contributed by atoms with Crippen molar-refractivity contribution in [1.82, 2.24) is 0 Å². The van der Waals surface area contributed by atoms with Crippen molar-refractivity contribution in [3.63, 3.8) is 0 Å². The second-order valence-corrected chi connectivity index (χ2v) is 2.93. The summed E-state index contributed by atoms with van der Waals surface area (Å²) in [4.78, 5) is 0. The third-order valence-corrected chi connectivity index (χ3v) is 2.04. The van der Waals surface area contributed by atoms with E-state index in [1.54, 1.807) is 0 Å². The Morgan fingerprint density at radius 2 is 2.31 bits per heavy atom. The number of hydrogen-bond donors (Lipinski definition) is 0. The molecule has 1 nitrogen and oxygen atoms in total. The molecule has 0 atom stereocenters. The van der Waals surface area contributed by atoms with Gasteiger partial charge in [-0.25, -0.2) is 0 Å². The predicted octanol–water partition coefficient (Wildman–Crippen LogP) is 1.51. The molecular weight excluding hydrogens is 160 g/mol. The van der Waals surface area contributed by atoms with Gasteiger partial charge in [0.1, 0.15) is 11.2 Å². The minimum atomic E-state index is 0.879. The second kappa shape index (κ2) is 2.99. The lowest BCUT2D eigenvalue weighted by Gasteiger charge is -1.84. The summed E-state index contributed by atoms with van der Waals surface area (Å²) in [6.45, 7) is 4.01. The van der Waals surface area contributed by atoms with Crippen LogP contribution in [0.3, 0.4) is 0 Å². The van der Waals surface area contributed by atoms with Gasteiger partial charge in [-0.05, 0) is 32.1 Å². The fourth-order valence-corrected chi connectivity index (χ4v) is 1.37. The van der Waals surface area contributed by atoms with Gasteiger partial charge in [0.25, 0.3) is 0 Å². The molecular formula is C12H10O. The molecule has 0 bridgehead atoms. The minimum Gasteiger partial charge on any atom is -0.456 e. The Kier molecular flexibility index (Phi) is 1.83. The molecule has 1 heterocycles. The van der Waals surface area contributed by atoms with Gasteiger partial charge in [0.2, 0.25) is 0 Å². The van der Waals surface area contributed by atoms with Crippen LogP contribution in [0.4, 0.5) is 0 Å². The highest BCUT2D eigenvalue weighted by Crippen LogP contribution is 2.03. The fourth-order valence-electron chi connectivity index (χ4n) is 1.37. The molecule has 1 aliphatic rings. The zero-order valence-electron chi connectivity index (χ0n) is 7.72. The molecule has 0 fully saturated rings. The minimum absolute atomic E-state index is 0.879. The van der Waals surface area contributed by atoms with Crippen molar-refractivity contribution in [3.05, 3.63) is 39.8 Å². The van der Waals surface area contributed by atoms with Crippen molar-refractivity contribution in [1.29, 1.82) is 0 Å². The summed E-state index contributed by atoms with van der Waals surface area (Å²) in [5.41, 5.74) is 7.98. The van der Waals surface area contributed by atoms with Crippen LogP contribution in [-0.2, 0) is 0 Å². The molecule has 0 aliphatic heterocycles. The lowest BCUT2D eigenvalue weighted by molar-refractivity contribution is 0.520. The smallest absolute Gasteiger partial charge is 0.144 e. The molecule has 13 heavy (non-hydrogen) atoms. The third-order valence-electron chi connectivity index (χ3n) is 2.04. The van der Waals surface area contributed by atoms with Gasteiger partial charge in [-0.1, -0.05) is 17.5 Å². The fraction of sp³-hybridized carbons (Fsp3) is 0.167. The topological polar surface area (TPSA) is 13.1 Å². The SMILES string of the molecule is C/C=C\c1oc2c(c1C)=C=C=CC=2. The van der Waals surface area contributed by atoms with E-state index in [-0.39, 0.29) is 0 Å². The molecule has 0 spiro atoms. The molecule has 0 saturated heterocycles. The van der Waals surface area contributed by atoms with Crippen LogP contribution in [0.15, 0.2) is 22.3 Å². The molecule has 64 valence electrons. The van der Waals surface area contributed by atoms with Crippen LogP contribution in [0.2, 0.25) is 0 Å². The average Bonchev–Trinajstić information content (AvgIpc) is 2.46. The Morgan fingerprint density at radius 1 is 1.46 bits per heavy atom. The molecule has 0 saturated carbocycles. The summed E-state index contributed by atoms with van der Waals surface area (Å²) in [6, 6.07) is 0. The number of allylic oxidation sites excluding steroid dienone is 2. The maximum Gasteiger partial charge on any atom is 0.144 e. The van der Waals surface area contributed by atoms with Crippen LogP contribution in [0.5, 0.6) is 0 Å². The Hall–Kier alpha value is -1.68. The summed E-state index contributed by atoms with van der Waals surface area (Å²) >= 11 is 0. The summed E-state index contributed by atoms with van der Waals surface area (Å²) in [5, 5.41) is 1.02. The normalized spacial score (nSPS) is 12.8. The van der Waals surface area contributed by atoms with Crippen LogP contribution < -0.4 is 10.6 Å². The monoisotopic (exact) mass is 170 g/mol. The van der Waals surface area contributed by atoms with Crippen molar-refractivity contribution < 1.29 is 4.42 Å². The first-order valence-electron chi connectivity index (χ1n) is 4.27. The second-order valence-electron chi connectivity index (χ2n) is 2.93. The van der Waals surface area contributed by atoms with E-state index in [0.29, 0.717) is 0 Å². The van der Waals surface area contributed by atoms with E-state index in [4.69, 9.17) is 4.42 Å². The molecule has 0 radical (unpaired) electrons. The van der Waals surface area contributed by atoms with E-state index < -0.39 is 0 Å². The quantitative estimate of drug-likeness (QED) is 0.582. The van der Waals surface area contributed by atoms with Crippen LogP contribution in [0.1, 0.15) is 18.2 Å². The molecule has 0 N–H and O–H groups in total. The van der Waals surface area contributed by atoms with Gasteiger partial charge in [0, 0.05) is 5.56 Å². The Labute approximate surface area is 76.7 Å². The summed E-state index contributed by atoms with van der Waals surface area (Å²) in [6.07, 6.45) is 7.65. The summed E-state index contributed by atoms with van der Waals surface area (Å²) in [5.74, 6) is 0.911. The maximum absolute atomic E-state index is 5.60. The van der Waals surface area contributed by atoms with Gasteiger partial charge in [0.15, 0.2) is 0 Å². The molecule has 1 aliphatic carbocycles. The van der Waals surface area contributed by atoms with Gasteiger partial charge in [0.05, 0.1) is 5.22 Å². The van der Waals surface area contributed by atoms with E-state index in [1.165, 1.54) is 0 Å². The molecule has 0 aromatic carbocycles. The molecule has 1 aromatic rings. The van der Waals surface area contributed by atoms with Crippen molar-refractivity contribution in [2.24, 2.45) is 0 Å². The average molecular weight is 170 g/mol. The lowest BCUT2D eigenvalue weighted by atomic mass is 10.2. The van der Waals surface area contributed by atoms with E-state index >= 15 is 0 Å². The number of fused-ring (bicyclic) bond motifs is 1. The molecule has 0 amide bonds. The van der Waals surface area contributed by atoms with Crippen molar-refractivity contribution >= 4 is 17.9 Å². The Balaban J connectivity index is 2.86. The number of rotatable bonds is 1. The Bertz CT molecular complexity index is 543. The standard InChI is InChI=1S/C12H10O/c1-3-6-11-9(2)10-7-4-5-8-12(10)13-11/h3,5-6,8H,1-2H3/b6-3-. The molecule has 1 heteroatoms. The highest BCUT2D eigenvalue weighted by molar-refractivity contribution is 5.52. The van der Waals surface area contributed by atoms with Crippen molar-refractivity contribution in [2.45, 2.75) is 13.8 Å². The Morgan fingerprint density at radius 3 is 3.00 bits per heavy atom.